The Balaban J connectivity index is 2.64. The van der Waals surface area contributed by atoms with Crippen molar-refractivity contribution >= 4 is 11.0 Å². The van der Waals surface area contributed by atoms with Crippen molar-refractivity contribution in [2.45, 2.75) is 39.5 Å². The largest absolute Gasteiger partial charge is 0.250 e. The van der Waals surface area contributed by atoms with Crippen molar-refractivity contribution in [3.63, 3.8) is 0 Å². The van der Waals surface area contributed by atoms with Gasteiger partial charge in [0.15, 0.2) is 5.82 Å². The first-order valence-electron chi connectivity index (χ1n) is 5.95. The molecule has 0 unspecified atom stereocenters. The number of benzene rings is 1. The second-order valence-corrected chi connectivity index (χ2v) is 4.94. The summed E-state index contributed by atoms with van der Waals surface area (Å²) in [5, 5.41) is 0. The lowest BCUT2D eigenvalue weighted by atomic mass is 10.0. The standard InChI is InChI=1S/C14H17FN2/c1-8(2)10-5-6-11-14(13(10)15)16-7-12(17-11)9(3)4/h5-9H,1-4H3. The summed E-state index contributed by atoms with van der Waals surface area (Å²) in [6.07, 6.45) is 1.67. The lowest BCUT2D eigenvalue weighted by Crippen LogP contribution is -2.00. The van der Waals surface area contributed by atoms with Crippen LogP contribution < -0.4 is 0 Å². The third-order valence-corrected chi connectivity index (χ3v) is 2.91. The van der Waals surface area contributed by atoms with E-state index in [9.17, 15) is 4.39 Å². The molecule has 17 heavy (non-hydrogen) atoms. The normalized spacial score (nSPS) is 11.7. The molecule has 0 atom stereocenters. The first-order valence-corrected chi connectivity index (χ1v) is 5.95. The number of aromatic nitrogens is 2. The van der Waals surface area contributed by atoms with Crippen LogP contribution in [0.1, 0.15) is 50.8 Å². The molecular formula is C14H17FN2. The van der Waals surface area contributed by atoms with Crippen LogP contribution in [0.25, 0.3) is 11.0 Å². The summed E-state index contributed by atoms with van der Waals surface area (Å²) in [5.74, 6) is 0.228. The highest BCUT2D eigenvalue weighted by Crippen LogP contribution is 2.24. The lowest BCUT2D eigenvalue weighted by Gasteiger charge is -2.10. The fourth-order valence-electron chi connectivity index (χ4n) is 1.81. The van der Waals surface area contributed by atoms with Gasteiger partial charge in [0.2, 0.25) is 0 Å². The molecule has 0 saturated carbocycles. The second kappa shape index (κ2) is 4.40. The molecule has 1 aromatic carbocycles. The summed E-state index contributed by atoms with van der Waals surface area (Å²) < 4.78 is 14.2. The number of hydrogen-bond acceptors (Lipinski definition) is 2. The van der Waals surface area contributed by atoms with E-state index in [1.165, 1.54) is 0 Å². The zero-order valence-electron chi connectivity index (χ0n) is 10.7. The molecule has 0 saturated heterocycles. The van der Waals surface area contributed by atoms with Gasteiger partial charge in [-0.15, -0.1) is 0 Å². The minimum Gasteiger partial charge on any atom is -0.250 e. The lowest BCUT2D eigenvalue weighted by molar-refractivity contribution is 0.606. The molecule has 0 N–H and O–H groups in total. The van der Waals surface area contributed by atoms with Crippen molar-refractivity contribution in [3.05, 3.63) is 35.4 Å². The van der Waals surface area contributed by atoms with E-state index in [-0.39, 0.29) is 11.7 Å². The minimum atomic E-state index is -0.236. The highest BCUT2D eigenvalue weighted by molar-refractivity contribution is 5.76. The van der Waals surface area contributed by atoms with Crippen LogP contribution in [0.5, 0.6) is 0 Å². The maximum Gasteiger partial charge on any atom is 0.154 e. The highest BCUT2D eigenvalue weighted by Gasteiger charge is 2.13. The average Bonchev–Trinajstić information content (AvgIpc) is 2.28. The van der Waals surface area contributed by atoms with E-state index in [1.54, 1.807) is 12.3 Å². The van der Waals surface area contributed by atoms with Gasteiger partial charge in [0.1, 0.15) is 5.52 Å². The summed E-state index contributed by atoms with van der Waals surface area (Å²) in [5.41, 5.74) is 2.61. The van der Waals surface area contributed by atoms with Gasteiger partial charge in [-0.25, -0.2) is 14.4 Å². The van der Waals surface area contributed by atoms with Gasteiger partial charge in [-0.3, -0.25) is 0 Å². The van der Waals surface area contributed by atoms with Crippen molar-refractivity contribution in [1.82, 2.24) is 9.97 Å². The third-order valence-electron chi connectivity index (χ3n) is 2.91. The fourth-order valence-corrected chi connectivity index (χ4v) is 1.81. The fraction of sp³-hybridized carbons (Fsp3) is 0.429. The molecule has 0 aliphatic heterocycles. The van der Waals surface area contributed by atoms with Gasteiger partial charge in [-0.1, -0.05) is 33.8 Å². The molecule has 0 fully saturated rings. The molecule has 0 aliphatic carbocycles. The van der Waals surface area contributed by atoms with Crippen LogP contribution in [0.2, 0.25) is 0 Å². The molecule has 90 valence electrons. The van der Waals surface area contributed by atoms with Crippen LogP contribution >= 0.6 is 0 Å². The Morgan fingerprint density at radius 1 is 1.06 bits per heavy atom. The molecule has 0 bridgehead atoms. The van der Waals surface area contributed by atoms with E-state index in [2.05, 4.69) is 23.8 Å². The number of hydrogen-bond donors (Lipinski definition) is 0. The summed E-state index contributed by atoms with van der Waals surface area (Å²) in [4.78, 5) is 8.64. The Hall–Kier alpha value is -1.51. The monoisotopic (exact) mass is 232 g/mol. The highest BCUT2D eigenvalue weighted by atomic mass is 19.1. The Morgan fingerprint density at radius 2 is 1.76 bits per heavy atom. The van der Waals surface area contributed by atoms with E-state index in [4.69, 9.17) is 0 Å². The summed E-state index contributed by atoms with van der Waals surface area (Å²) in [6.45, 7) is 8.05. The first-order chi connectivity index (χ1) is 8.00. The molecule has 3 heteroatoms. The number of fused-ring (bicyclic) bond motifs is 1. The second-order valence-electron chi connectivity index (χ2n) is 4.94. The molecule has 1 aromatic heterocycles. The van der Waals surface area contributed by atoms with Gasteiger partial charge < -0.3 is 0 Å². The van der Waals surface area contributed by atoms with Crippen LogP contribution in [-0.2, 0) is 0 Å². The molecule has 2 aromatic rings. The van der Waals surface area contributed by atoms with Gasteiger partial charge in [0, 0.05) is 6.20 Å². The van der Waals surface area contributed by atoms with Crippen LogP contribution in [-0.4, -0.2) is 9.97 Å². The van der Waals surface area contributed by atoms with Crippen LogP contribution in [0.4, 0.5) is 4.39 Å². The van der Waals surface area contributed by atoms with Gasteiger partial charge >= 0.3 is 0 Å². The molecule has 0 radical (unpaired) electrons. The van der Waals surface area contributed by atoms with Crippen molar-refractivity contribution in [2.24, 2.45) is 0 Å². The molecule has 2 nitrogen and oxygen atoms in total. The first kappa shape index (κ1) is 12.0. The van der Waals surface area contributed by atoms with Gasteiger partial charge in [-0.05, 0) is 23.5 Å². The molecule has 2 rings (SSSR count). The Morgan fingerprint density at radius 3 is 2.35 bits per heavy atom. The maximum absolute atomic E-state index is 14.2. The smallest absolute Gasteiger partial charge is 0.154 e. The third kappa shape index (κ3) is 2.14. The Labute approximate surface area is 101 Å². The predicted molar refractivity (Wildman–Crippen MR) is 67.7 cm³/mol. The van der Waals surface area contributed by atoms with Crippen LogP contribution in [0, 0.1) is 5.82 Å². The van der Waals surface area contributed by atoms with Crippen molar-refractivity contribution < 1.29 is 4.39 Å². The maximum atomic E-state index is 14.2. The van der Waals surface area contributed by atoms with E-state index in [1.807, 2.05) is 19.9 Å². The minimum absolute atomic E-state index is 0.158. The zero-order chi connectivity index (χ0) is 12.6. The van der Waals surface area contributed by atoms with E-state index in [0.717, 1.165) is 5.69 Å². The van der Waals surface area contributed by atoms with E-state index >= 15 is 0 Å². The van der Waals surface area contributed by atoms with Crippen molar-refractivity contribution in [3.8, 4) is 0 Å². The predicted octanol–water partition coefficient (Wildman–Crippen LogP) is 4.02. The van der Waals surface area contributed by atoms with Gasteiger partial charge in [0.05, 0.1) is 11.2 Å². The number of nitrogens with zero attached hydrogens (tertiary/aromatic N) is 2. The SMILES string of the molecule is CC(C)c1cnc2c(F)c(C(C)C)ccc2n1. The topological polar surface area (TPSA) is 25.8 Å². The molecule has 1 heterocycles. The Kier molecular flexibility index (Phi) is 3.09. The summed E-state index contributed by atoms with van der Waals surface area (Å²) >= 11 is 0. The molecule has 0 amide bonds. The van der Waals surface area contributed by atoms with E-state index < -0.39 is 0 Å². The molecular weight excluding hydrogens is 215 g/mol. The quantitative estimate of drug-likeness (QED) is 0.781. The molecule has 0 spiro atoms. The average molecular weight is 232 g/mol. The zero-order valence-corrected chi connectivity index (χ0v) is 10.7. The van der Waals surface area contributed by atoms with Gasteiger partial charge in [0.25, 0.3) is 0 Å². The molecule has 0 aliphatic rings. The van der Waals surface area contributed by atoms with Crippen LogP contribution in [0.3, 0.4) is 0 Å². The number of rotatable bonds is 2. The van der Waals surface area contributed by atoms with Crippen molar-refractivity contribution in [2.75, 3.05) is 0 Å². The summed E-state index contributed by atoms with van der Waals surface area (Å²) in [7, 11) is 0. The van der Waals surface area contributed by atoms with Crippen molar-refractivity contribution in [1.29, 1.82) is 0 Å². The van der Waals surface area contributed by atoms with E-state index in [0.29, 0.717) is 22.5 Å². The Bertz CT molecular complexity index is 547. The van der Waals surface area contributed by atoms with Gasteiger partial charge in [-0.2, -0.15) is 0 Å². The number of halogens is 1. The van der Waals surface area contributed by atoms with Crippen LogP contribution in [0.15, 0.2) is 18.3 Å². The summed E-state index contributed by atoms with van der Waals surface area (Å²) in [6, 6.07) is 3.66.